The molecule has 0 spiro atoms. The van der Waals surface area contributed by atoms with E-state index in [4.69, 9.17) is 9.15 Å². The smallest absolute Gasteiger partial charge is 0.362 e. The van der Waals surface area contributed by atoms with Gasteiger partial charge < -0.3 is 9.15 Å². The standard InChI is InChI=1S/C18H11NO3/c20-18(15-6-3-4-10-19-15)21-12-8-9-17-14(11-12)13-5-1-2-7-16(13)22-17/h1-11H. The molecule has 0 amide bonds. The number of pyridine rings is 1. The van der Waals surface area contributed by atoms with Gasteiger partial charge in [0, 0.05) is 17.0 Å². The Bertz CT molecular complexity index is 973. The van der Waals surface area contributed by atoms with Crippen LogP contribution in [0.2, 0.25) is 0 Å². The van der Waals surface area contributed by atoms with E-state index in [-0.39, 0.29) is 5.69 Å². The van der Waals surface area contributed by atoms with E-state index >= 15 is 0 Å². The molecule has 0 aliphatic heterocycles. The SMILES string of the molecule is O=C(Oc1ccc2oc3ccccc3c2c1)c1ccccn1. The van der Waals surface area contributed by atoms with Gasteiger partial charge in [0.05, 0.1) is 0 Å². The average Bonchev–Trinajstić information content (AvgIpc) is 2.94. The number of esters is 1. The van der Waals surface area contributed by atoms with Crippen LogP contribution < -0.4 is 4.74 Å². The third kappa shape index (κ3) is 2.11. The van der Waals surface area contributed by atoms with Crippen molar-refractivity contribution < 1.29 is 13.9 Å². The molecule has 0 bridgehead atoms. The molecule has 0 fully saturated rings. The summed E-state index contributed by atoms with van der Waals surface area (Å²) in [6.07, 6.45) is 1.56. The Morgan fingerprint density at radius 3 is 2.59 bits per heavy atom. The number of hydrogen-bond donors (Lipinski definition) is 0. The van der Waals surface area contributed by atoms with Gasteiger partial charge in [0.2, 0.25) is 0 Å². The molecule has 2 heterocycles. The maximum Gasteiger partial charge on any atom is 0.362 e. The van der Waals surface area contributed by atoms with E-state index in [0.29, 0.717) is 5.75 Å². The number of nitrogens with zero attached hydrogens (tertiary/aromatic N) is 1. The van der Waals surface area contributed by atoms with Crippen LogP contribution in [-0.2, 0) is 0 Å². The molecule has 4 heteroatoms. The number of aromatic nitrogens is 1. The lowest BCUT2D eigenvalue weighted by atomic mass is 10.1. The minimum absolute atomic E-state index is 0.277. The molecule has 0 saturated heterocycles. The fraction of sp³-hybridized carbons (Fsp3) is 0. The maximum absolute atomic E-state index is 12.0. The summed E-state index contributed by atoms with van der Waals surface area (Å²) in [6.45, 7) is 0. The van der Waals surface area contributed by atoms with Crippen LogP contribution in [0.3, 0.4) is 0 Å². The lowest BCUT2D eigenvalue weighted by Gasteiger charge is -2.03. The van der Waals surface area contributed by atoms with Gasteiger partial charge in [-0.15, -0.1) is 0 Å². The molecule has 4 rings (SSSR count). The Hall–Kier alpha value is -3.14. The number of carbonyl (C=O) groups is 1. The normalized spacial score (nSPS) is 10.9. The fourth-order valence-corrected chi connectivity index (χ4v) is 2.41. The van der Waals surface area contributed by atoms with Gasteiger partial charge in [-0.3, -0.25) is 0 Å². The molecule has 0 saturated carbocycles. The van der Waals surface area contributed by atoms with Crippen LogP contribution in [0.4, 0.5) is 0 Å². The Kier molecular flexibility index (Phi) is 2.86. The van der Waals surface area contributed by atoms with Crippen LogP contribution >= 0.6 is 0 Å². The topological polar surface area (TPSA) is 52.3 Å². The Morgan fingerprint density at radius 2 is 1.73 bits per heavy atom. The van der Waals surface area contributed by atoms with Crippen molar-refractivity contribution in [3.63, 3.8) is 0 Å². The van der Waals surface area contributed by atoms with Crippen LogP contribution in [0, 0.1) is 0 Å². The highest BCUT2D eigenvalue weighted by atomic mass is 16.5. The summed E-state index contributed by atoms with van der Waals surface area (Å²) >= 11 is 0. The molecule has 0 unspecified atom stereocenters. The third-order valence-corrected chi connectivity index (χ3v) is 3.43. The first-order valence-corrected chi connectivity index (χ1v) is 6.86. The zero-order valence-electron chi connectivity index (χ0n) is 11.5. The second kappa shape index (κ2) is 5.00. The zero-order chi connectivity index (χ0) is 14.9. The van der Waals surface area contributed by atoms with Crippen molar-refractivity contribution >= 4 is 27.9 Å². The summed E-state index contributed by atoms with van der Waals surface area (Å²) in [6, 6.07) is 18.2. The quantitative estimate of drug-likeness (QED) is 0.410. The van der Waals surface area contributed by atoms with Crippen molar-refractivity contribution in [3.05, 3.63) is 72.6 Å². The predicted octanol–water partition coefficient (Wildman–Crippen LogP) is 4.20. The summed E-state index contributed by atoms with van der Waals surface area (Å²) in [4.78, 5) is 16.0. The van der Waals surface area contributed by atoms with Gasteiger partial charge in [-0.25, -0.2) is 9.78 Å². The molecule has 0 aliphatic carbocycles. The van der Waals surface area contributed by atoms with Gasteiger partial charge in [-0.05, 0) is 36.4 Å². The molecule has 4 aromatic rings. The molecule has 0 radical (unpaired) electrons. The number of rotatable bonds is 2. The summed E-state index contributed by atoms with van der Waals surface area (Å²) in [7, 11) is 0. The Balaban J connectivity index is 1.73. The minimum Gasteiger partial charge on any atom is -0.456 e. The van der Waals surface area contributed by atoms with Gasteiger partial charge in [0.1, 0.15) is 22.6 Å². The largest absolute Gasteiger partial charge is 0.456 e. The molecule has 0 aliphatic rings. The van der Waals surface area contributed by atoms with Gasteiger partial charge in [-0.2, -0.15) is 0 Å². The summed E-state index contributed by atoms with van der Waals surface area (Å²) < 4.78 is 11.1. The van der Waals surface area contributed by atoms with E-state index in [0.717, 1.165) is 21.9 Å². The van der Waals surface area contributed by atoms with E-state index < -0.39 is 5.97 Å². The summed E-state index contributed by atoms with van der Waals surface area (Å²) in [5.74, 6) is -0.0116. The van der Waals surface area contributed by atoms with Crippen molar-refractivity contribution in [1.29, 1.82) is 0 Å². The van der Waals surface area contributed by atoms with Crippen LogP contribution in [0.1, 0.15) is 10.5 Å². The third-order valence-electron chi connectivity index (χ3n) is 3.43. The Morgan fingerprint density at radius 1 is 0.909 bits per heavy atom. The number of para-hydroxylation sites is 1. The highest BCUT2D eigenvalue weighted by Gasteiger charge is 2.12. The lowest BCUT2D eigenvalue weighted by molar-refractivity contribution is 0.0729. The molecule has 2 aromatic heterocycles. The second-order valence-electron chi connectivity index (χ2n) is 4.86. The van der Waals surface area contributed by atoms with Crippen LogP contribution in [0.5, 0.6) is 5.75 Å². The first-order valence-electron chi connectivity index (χ1n) is 6.86. The first-order chi connectivity index (χ1) is 10.8. The van der Waals surface area contributed by atoms with Crippen molar-refractivity contribution in [1.82, 2.24) is 4.98 Å². The van der Waals surface area contributed by atoms with E-state index in [1.165, 1.54) is 0 Å². The monoisotopic (exact) mass is 289 g/mol. The fourth-order valence-electron chi connectivity index (χ4n) is 2.41. The molecule has 2 aromatic carbocycles. The first kappa shape index (κ1) is 12.6. The number of fused-ring (bicyclic) bond motifs is 3. The van der Waals surface area contributed by atoms with Crippen molar-refractivity contribution in [2.45, 2.75) is 0 Å². The molecule has 22 heavy (non-hydrogen) atoms. The van der Waals surface area contributed by atoms with E-state index in [2.05, 4.69) is 4.98 Å². The summed E-state index contributed by atoms with van der Waals surface area (Å²) in [5, 5.41) is 1.91. The van der Waals surface area contributed by atoms with Gasteiger partial charge in [0.25, 0.3) is 0 Å². The molecule has 106 valence electrons. The minimum atomic E-state index is -0.479. The molecule has 0 N–H and O–H groups in total. The van der Waals surface area contributed by atoms with E-state index in [1.807, 2.05) is 30.3 Å². The summed E-state index contributed by atoms with van der Waals surface area (Å²) in [5.41, 5.74) is 1.85. The molecule has 0 atom stereocenters. The molecule has 4 nitrogen and oxygen atoms in total. The van der Waals surface area contributed by atoms with Crippen molar-refractivity contribution in [2.24, 2.45) is 0 Å². The van der Waals surface area contributed by atoms with Gasteiger partial charge >= 0.3 is 5.97 Å². The number of ether oxygens (including phenoxy) is 1. The van der Waals surface area contributed by atoms with Crippen molar-refractivity contribution in [2.75, 3.05) is 0 Å². The average molecular weight is 289 g/mol. The second-order valence-corrected chi connectivity index (χ2v) is 4.86. The van der Waals surface area contributed by atoms with E-state index in [1.54, 1.807) is 36.5 Å². The number of benzene rings is 2. The van der Waals surface area contributed by atoms with Gasteiger partial charge in [-0.1, -0.05) is 24.3 Å². The van der Waals surface area contributed by atoms with Gasteiger partial charge in [0.15, 0.2) is 0 Å². The predicted molar refractivity (Wildman–Crippen MR) is 82.9 cm³/mol. The van der Waals surface area contributed by atoms with Crippen LogP contribution in [-0.4, -0.2) is 11.0 Å². The zero-order valence-corrected chi connectivity index (χ0v) is 11.5. The molecular formula is C18H11NO3. The van der Waals surface area contributed by atoms with E-state index in [9.17, 15) is 4.79 Å². The number of furan rings is 1. The van der Waals surface area contributed by atoms with Crippen LogP contribution in [0.15, 0.2) is 71.3 Å². The molecular weight excluding hydrogens is 278 g/mol. The maximum atomic E-state index is 12.0. The number of hydrogen-bond acceptors (Lipinski definition) is 4. The number of carbonyl (C=O) groups excluding carboxylic acids is 1. The highest BCUT2D eigenvalue weighted by Crippen LogP contribution is 2.31. The highest BCUT2D eigenvalue weighted by molar-refractivity contribution is 6.05. The lowest BCUT2D eigenvalue weighted by Crippen LogP contribution is -2.09. The Labute approximate surface area is 126 Å². The van der Waals surface area contributed by atoms with Crippen LogP contribution in [0.25, 0.3) is 21.9 Å². The van der Waals surface area contributed by atoms with Crippen molar-refractivity contribution in [3.8, 4) is 5.75 Å².